The Morgan fingerprint density at radius 3 is 2.90 bits per heavy atom. The van der Waals surface area contributed by atoms with Gasteiger partial charge in [-0.05, 0) is 25.1 Å². The zero-order valence-corrected chi connectivity index (χ0v) is 12.9. The van der Waals surface area contributed by atoms with Crippen molar-refractivity contribution in [3.63, 3.8) is 0 Å². The van der Waals surface area contributed by atoms with Crippen molar-refractivity contribution in [2.45, 2.75) is 12.8 Å². The highest BCUT2D eigenvalue weighted by Gasteiger charge is 2.09. The van der Waals surface area contributed by atoms with Crippen LogP contribution in [-0.4, -0.2) is 22.6 Å². The number of rotatable bonds is 5. The first-order chi connectivity index (χ1) is 9.19. The fourth-order valence-corrected chi connectivity index (χ4v) is 2.40. The third kappa shape index (κ3) is 4.72. The van der Waals surface area contributed by atoms with Gasteiger partial charge < -0.3 is 11.1 Å². The zero-order chi connectivity index (χ0) is 13.7. The van der Waals surface area contributed by atoms with E-state index in [1.54, 1.807) is 6.07 Å². The summed E-state index contributed by atoms with van der Waals surface area (Å²) < 4.78 is 0. The minimum Gasteiger partial charge on any atom is -0.330 e. The molecule has 0 atom stereocenters. The van der Waals surface area contributed by atoms with Crippen molar-refractivity contribution in [1.29, 1.82) is 0 Å². The minimum absolute atomic E-state index is 0. The van der Waals surface area contributed by atoms with Crippen LogP contribution in [0.15, 0.2) is 24.3 Å². The van der Waals surface area contributed by atoms with Gasteiger partial charge in [0.2, 0.25) is 11.0 Å². The molecule has 20 heavy (non-hydrogen) atoms. The predicted molar refractivity (Wildman–Crippen MR) is 84.5 cm³/mol. The molecule has 0 aliphatic rings. The van der Waals surface area contributed by atoms with Crippen LogP contribution in [0.3, 0.4) is 0 Å². The van der Waals surface area contributed by atoms with Crippen LogP contribution in [0.5, 0.6) is 0 Å². The molecule has 0 unspecified atom stereocenters. The van der Waals surface area contributed by atoms with Crippen molar-refractivity contribution < 1.29 is 4.79 Å². The molecule has 2 rings (SSSR count). The van der Waals surface area contributed by atoms with Crippen LogP contribution in [0.2, 0.25) is 5.02 Å². The Bertz CT molecular complexity index is 576. The number of benzene rings is 1. The first-order valence-corrected chi connectivity index (χ1v) is 6.98. The molecule has 3 N–H and O–H groups in total. The van der Waals surface area contributed by atoms with E-state index in [0.717, 1.165) is 10.6 Å². The van der Waals surface area contributed by atoms with Gasteiger partial charge in [-0.2, -0.15) is 0 Å². The van der Waals surface area contributed by atoms with E-state index in [1.807, 2.05) is 18.2 Å². The lowest BCUT2D eigenvalue weighted by molar-refractivity contribution is -0.116. The molecule has 1 aromatic carbocycles. The zero-order valence-electron chi connectivity index (χ0n) is 10.5. The molecule has 0 aliphatic heterocycles. The van der Waals surface area contributed by atoms with E-state index >= 15 is 0 Å². The molecule has 2 aromatic rings. The van der Waals surface area contributed by atoms with Crippen molar-refractivity contribution in [2.75, 3.05) is 11.9 Å². The molecule has 0 fully saturated rings. The smallest absolute Gasteiger partial charge is 0.226 e. The maximum Gasteiger partial charge on any atom is 0.226 e. The normalized spacial score (nSPS) is 9.90. The largest absolute Gasteiger partial charge is 0.330 e. The molecule has 0 spiro atoms. The van der Waals surface area contributed by atoms with E-state index in [4.69, 9.17) is 17.3 Å². The number of carbonyl (C=O) groups is 1. The van der Waals surface area contributed by atoms with Crippen LogP contribution in [0.1, 0.15) is 12.8 Å². The highest BCUT2D eigenvalue weighted by molar-refractivity contribution is 7.18. The number of halogens is 2. The van der Waals surface area contributed by atoms with Gasteiger partial charge in [-0.15, -0.1) is 22.6 Å². The molecule has 0 bridgehead atoms. The lowest BCUT2D eigenvalue weighted by atomic mass is 10.2. The highest BCUT2D eigenvalue weighted by Crippen LogP contribution is 2.28. The van der Waals surface area contributed by atoms with E-state index in [9.17, 15) is 4.79 Å². The standard InChI is InChI=1S/C12H13ClN4OS.ClH/c13-9-4-1-3-8(7-9)11-16-17-12(19-11)15-10(18)5-2-6-14;/h1,3-4,7H,2,5-6,14H2,(H,15,17,18);1H. The Morgan fingerprint density at radius 2 is 2.20 bits per heavy atom. The molecule has 0 aliphatic carbocycles. The van der Waals surface area contributed by atoms with Crippen molar-refractivity contribution >= 4 is 46.4 Å². The molecule has 0 radical (unpaired) electrons. The second-order valence-corrected chi connectivity index (χ2v) is 5.28. The molecular formula is C12H14Cl2N4OS. The topological polar surface area (TPSA) is 80.9 Å². The van der Waals surface area contributed by atoms with E-state index in [-0.39, 0.29) is 18.3 Å². The molecule has 108 valence electrons. The van der Waals surface area contributed by atoms with Crippen molar-refractivity contribution in [3.8, 4) is 10.6 Å². The number of nitrogens with zero attached hydrogens (tertiary/aromatic N) is 2. The van der Waals surface area contributed by atoms with Crippen molar-refractivity contribution in [3.05, 3.63) is 29.3 Å². The first kappa shape index (κ1) is 16.8. The van der Waals surface area contributed by atoms with Gasteiger partial charge in [0.25, 0.3) is 0 Å². The van der Waals surface area contributed by atoms with Gasteiger partial charge in [-0.25, -0.2) is 0 Å². The van der Waals surface area contributed by atoms with Gasteiger partial charge >= 0.3 is 0 Å². The van der Waals surface area contributed by atoms with Gasteiger partial charge in [-0.3, -0.25) is 4.79 Å². The summed E-state index contributed by atoms with van der Waals surface area (Å²) in [5.74, 6) is -0.0979. The summed E-state index contributed by atoms with van der Waals surface area (Å²) in [5, 5.41) is 12.5. The number of amides is 1. The summed E-state index contributed by atoms with van der Waals surface area (Å²) in [6, 6.07) is 7.34. The van der Waals surface area contributed by atoms with Crippen molar-refractivity contribution in [2.24, 2.45) is 5.73 Å². The average Bonchev–Trinajstić information content (AvgIpc) is 2.85. The number of hydrogen-bond acceptors (Lipinski definition) is 5. The van der Waals surface area contributed by atoms with Gasteiger partial charge in [0.05, 0.1) is 0 Å². The van der Waals surface area contributed by atoms with E-state index in [2.05, 4.69) is 15.5 Å². The monoisotopic (exact) mass is 332 g/mol. The molecule has 1 amide bonds. The van der Waals surface area contributed by atoms with Gasteiger partial charge in [-0.1, -0.05) is 35.1 Å². The quantitative estimate of drug-likeness (QED) is 0.881. The summed E-state index contributed by atoms with van der Waals surface area (Å²) in [5.41, 5.74) is 6.23. The third-order valence-corrected chi connectivity index (χ3v) is 3.47. The Morgan fingerprint density at radius 1 is 1.40 bits per heavy atom. The van der Waals surface area contributed by atoms with Crippen LogP contribution >= 0.6 is 35.3 Å². The van der Waals surface area contributed by atoms with Gasteiger partial charge in [0.1, 0.15) is 5.01 Å². The number of carbonyl (C=O) groups excluding carboxylic acids is 1. The minimum atomic E-state index is -0.0979. The van der Waals surface area contributed by atoms with Crippen LogP contribution in [-0.2, 0) is 4.79 Å². The maximum absolute atomic E-state index is 11.5. The summed E-state index contributed by atoms with van der Waals surface area (Å²) in [7, 11) is 0. The highest BCUT2D eigenvalue weighted by atomic mass is 35.5. The second kappa shape index (κ2) is 8.16. The van der Waals surface area contributed by atoms with Crippen LogP contribution < -0.4 is 11.1 Å². The van der Waals surface area contributed by atoms with Crippen LogP contribution in [0.4, 0.5) is 5.13 Å². The lowest BCUT2D eigenvalue weighted by Crippen LogP contribution is -2.13. The fourth-order valence-electron chi connectivity index (χ4n) is 1.46. The predicted octanol–water partition coefficient (Wildman–Crippen LogP) is 2.96. The maximum atomic E-state index is 11.5. The summed E-state index contributed by atoms with van der Waals surface area (Å²) >= 11 is 7.23. The molecule has 5 nitrogen and oxygen atoms in total. The third-order valence-electron chi connectivity index (χ3n) is 2.35. The molecule has 0 saturated carbocycles. The number of aromatic nitrogens is 2. The Kier molecular flexibility index (Phi) is 6.87. The molecule has 1 aromatic heterocycles. The van der Waals surface area contributed by atoms with Crippen LogP contribution in [0.25, 0.3) is 10.6 Å². The Hall–Kier alpha value is -1.21. The molecule has 0 saturated heterocycles. The van der Waals surface area contributed by atoms with E-state index < -0.39 is 0 Å². The lowest BCUT2D eigenvalue weighted by Gasteiger charge is -1.98. The number of anilines is 1. The Labute approximate surface area is 132 Å². The summed E-state index contributed by atoms with van der Waals surface area (Å²) in [6.45, 7) is 0.497. The number of nitrogens with one attached hydrogen (secondary N) is 1. The fraction of sp³-hybridized carbons (Fsp3) is 0.250. The average molecular weight is 333 g/mol. The summed E-state index contributed by atoms with van der Waals surface area (Å²) in [6.07, 6.45) is 1.05. The molecular weight excluding hydrogens is 319 g/mol. The van der Waals surface area contributed by atoms with E-state index in [1.165, 1.54) is 11.3 Å². The molecule has 8 heteroatoms. The molecule has 1 heterocycles. The first-order valence-electron chi connectivity index (χ1n) is 5.78. The van der Waals surface area contributed by atoms with E-state index in [0.29, 0.717) is 29.5 Å². The number of nitrogens with two attached hydrogens (primary N) is 1. The van der Waals surface area contributed by atoms with Gasteiger partial charge in [0.15, 0.2) is 0 Å². The Balaban J connectivity index is 0.00000200. The SMILES string of the molecule is Cl.NCCCC(=O)Nc1nnc(-c2cccc(Cl)c2)s1. The van der Waals surface area contributed by atoms with Crippen molar-refractivity contribution in [1.82, 2.24) is 10.2 Å². The summed E-state index contributed by atoms with van der Waals surface area (Å²) in [4.78, 5) is 11.5. The van der Waals surface area contributed by atoms with Crippen LogP contribution in [0, 0.1) is 0 Å². The second-order valence-electron chi connectivity index (χ2n) is 3.86. The number of hydrogen-bond donors (Lipinski definition) is 2. The van der Waals surface area contributed by atoms with Gasteiger partial charge in [0, 0.05) is 17.0 Å².